The first-order chi connectivity index (χ1) is 18.7. The highest BCUT2D eigenvalue weighted by Crippen LogP contribution is 2.47. The van der Waals surface area contributed by atoms with Crippen molar-refractivity contribution in [3.8, 4) is 22.8 Å². The number of aromatic nitrogens is 1. The van der Waals surface area contributed by atoms with E-state index in [9.17, 15) is 9.90 Å². The molecule has 0 aliphatic heterocycles. The van der Waals surface area contributed by atoms with Crippen LogP contribution in [-0.2, 0) is 11.4 Å². The van der Waals surface area contributed by atoms with Crippen LogP contribution in [0.25, 0.3) is 16.7 Å². The van der Waals surface area contributed by atoms with Gasteiger partial charge >= 0.3 is 5.97 Å². The summed E-state index contributed by atoms with van der Waals surface area (Å²) in [5, 5.41) is 9.39. The lowest BCUT2D eigenvalue weighted by atomic mass is 9.71. The number of aliphatic carboxylic acids is 1. The van der Waals surface area contributed by atoms with Crippen LogP contribution in [0.1, 0.15) is 75.0 Å². The van der Waals surface area contributed by atoms with Gasteiger partial charge < -0.3 is 14.6 Å². The molecular weight excluding hydrogens is 493 g/mol. The minimum absolute atomic E-state index is 0.0182. The Morgan fingerprint density at radius 1 is 1.13 bits per heavy atom. The molecule has 0 radical (unpaired) electrons. The zero-order valence-corrected chi connectivity index (χ0v) is 22.9. The lowest BCUT2D eigenvalue weighted by Gasteiger charge is -2.33. The van der Waals surface area contributed by atoms with E-state index in [1.54, 1.807) is 6.07 Å². The zero-order valence-electron chi connectivity index (χ0n) is 22.9. The van der Waals surface area contributed by atoms with Crippen molar-refractivity contribution in [3.63, 3.8) is 0 Å². The topological polar surface area (TPSA) is 68.7 Å². The maximum atomic E-state index is 15.0. The molecule has 3 aromatic rings. The molecule has 0 spiro atoms. The number of carbonyl (C=O) groups is 1. The normalized spacial score (nSPS) is 17.3. The SMILES string of the molecule is COc1cc(-c2ccc(COc3cccc([C@@H](CC(=O)O)C4CC4)c3)cc2C2=CCCCC2(C)C)c(F)cn1. The highest BCUT2D eigenvalue weighted by molar-refractivity contribution is 5.84. The molecule has 0 bridgehead atoms. The summed E-state index contributed by atoms with van der Waals surface area (Å²) in [6, 6.07) is 15.5. The molecule has 204 valence electrons. The maximum absolute atomic E-state index is 15.0. The molecule has 5 nitrogen and oxygen atoms in total. The largest absolute Gasteiger partial charge is 0.489 e. The van der Waals surface area contributed by atoms with Gasteiger partial charge in [0, 0.05) is 11.6 Å². The first-order valence-electron chi connectivity index (χ1n) is 13.7. The number of allylic oxidation sites excluding steroid dienone is 2. The van der Waals surface area contributed by atoms with Gasteiger partial charge in [-0.2, -0.15) is 0 Å². The molecule has 1 saturated carbocycles. The molecule has 0 unspecified atom stereocenters. The van der Waals surface area contributed by atoms with E-state index in [1.165, 1.54) is 18.9 Å². The predicted molar refractivity (Wildman–Crippen MR) is 150 cm³/mol. The van der Waals surface area contributed by atoms with Gasteiger partial charge in [0.25, 0.3) is 0 Å². The number of ether oxygens (including phenoxy) is 2. The maximum Gasteiger partial charge on any atom is 0.303 e. The second-order valence-electron chi connectivity index (χ2n) is 11.4. The van der Waals surface area contributed by atoms with Crippen molar-refractivity contribution in [3.05, 3.63) is 83.3 Å². The summed E-state index contributed by atoms with van der Waals surface area (Å²) in [7, 11) is 1.53. The summed E-state index contributed by atoms with van der Waals surface area (Å²) in [5.74, 6) is 0.383. The molecular formula is C33H36FNO4. The average molecular weight is 530 g/mol. The Hall–Kier alpha value is -3.67. The van der Waals surface area contributed by atoms with E-state index in [4.69, 9.17) is 9.47 Å². The van der Waals surface area contributed by atoms with Crippen LogP contribution in [0, 0.1) is 17.2 Å². The third-order valence-corrected chi connectivity index (χ3v) is 8.06. The van der Waals surface area contributed by atoms with Gasteiger partial charge in [0.2, 0.25) is 5.88 Å². The van der Waals surface area contributed by atoms with Crippen LogP contribution >= 0.6 is 0 Å². The number of methoxy groups -OCH3 is 1. The van der Waals surface area contributed by atoms with Crippen molar-refractivity contribution in [1.29, 1.82) is 0 Å². The minimum Gasteiger partial charge on any atom is -0.489 e. The molecule has 1 N–H and O–H groups in total. The van der Waals surface area contributed by atoms with Crippen molar-refractivity contribution in [2.75, 3.05) is 7.11 Å². The van der Waals surface area contributed by atoms with Crippen molar-refractivity contribution in [2.45, 2.75) is 64.9 Å². The Balaban J connectivity index is 1.46. The van der Waals surface area contributed by atoms with Crippen LogP contribution in [0.15, 0.2) is 60.8 Å². The lowest BCUT2D eigenvalue weighted by molar-refractivity contribution is -0.137. The Kier molecular flexibility index (Phi) is 7.74. The number of carboxylic acid groups (broad SMARTS) is 1. The molecule has 39 heavy (non-hydrogen) atoms. The molecule has 2 aromatic carbocycles. The molecule has 2 aliphatic carbocycles. The number of pyridine rings is 1. The van der Waals surface area contributed by atoms with Gasteiger partial charge in [-0.15, -0.1) is 0 Å². The minimum atomic E-state index is -0.769. The van der Waals surface area contributed by atoms with Crippen molar-refractivity contribution < 1.29 is 23.8 Å². The number of carboxylic acids is 1. The molecule has 6 heteroatoms. The fourth-order valence-electron chi connectivity index (χ4n) is 5.80. The fraction of sp³-hybridized carbons (Fsp3) is 0.394. The number of nitrogens with zero attached hydrogens (tertiary/aromatic N) is 1. The Morgan fingerprint density at radius 3 is 2.67 bits per heavy atom. The van der Waals surface area contributed by atoms with Gasteiger partial charge in [0.15, 0.2) is 0 Å². The monoisotopic (exact) mass is 529 g/mol. The summed E-state index contributed by atoms with van der Waals surface area (Å²) in [6.07, 6.45) is 8.97. The summed E-state index contributed by atoms with van der Waals surface area (Å²) in [4.78, 5) is 15.5. The molecule has 5 rings (SSSR count). The summed E-state index contributed by atoms with van der Waals surface area (Å²) >= 11 is 0. The Labute approximate surface area is 229 Å². The highest BCUT2D eigenvalue weighted by atomic mass is 19.1. The van der Waals surface area contributed by atoms with E-state index in [0.29, 0.717) is 24.0 Å². The first kappa shape index (κ1) is 26.9. The second kappa shape index (κ2) is 11.2. The Morgan fingerprint density at radius 2 is 1.95 bits per heavy atom. The van der Waals surface area contributed by atoms with Crippen molar-refractivity contribution >= 4 is 11.5 Å². The van der Waals surface area contributed by atoms with E-state index < -0.39 is 11.8 Å². The first-order valence-corrected chi connectivity index (χ1v) is 13.7. The third-order valence-electron chi connectivity index (χ3n) is 8.06. The molecule has 1 heterocycles. The zero-order chi connectivity index (χ0) is 27.6. The lowest BCUT2D eigenvalue weighted by Crippen LogP contribution is -2.18. The number of benzene rings is 2. The van der Waals surface area contributed by atoms with Crippen LogP contribution in [0.2, 0.25) is 0 Å². The van der Waals surface area contributed by atoms with Gasteiger partial charge in [0.1, 0.15) is 18.2 Å². The van der Waals surface area contributed by atoms with Crippen LogP contribution < -0.4 is 9.47 Å². The van der Waals surface area contributed by atoms with Gasteiger partial charge in [-0.3, -0.25) is 4.79 Å². The number of rotatable bonds is 10. The summed E-state index contributed by atoms with van der Waals surface area (Å²) in [6.45, 7) is 4.83. The molecule has 1 fully saturated rings. The number of hydrogen-bond donors (Lipinski definition) is 1. The van der Waals surface area contributed by atoms with E-state index in [0.717, 1.165) is 60.1 Å². The van der Waals surface area contributed by atoms with Gasteiger partial charge in [-0.25, -0.2) is 9.37 Å². The predicted octanol–water partition coefficient (Wildman–Crippen LogP) is 8.04. The van der Waals surface area contributed by atoms with Crippen molar-refractivity contribution in [2.24, 2.45) is 11.3 Å². The second-order valence-corrected chi connectivity index (χ2v) is 11.4. The van der Waals surface area contributed by atoms with Crippen LogP contribution in [0.5, 0.6) is 11.6 Å². The molecule has 0 saturated heterocycles. The number of halogens is 1. The van der Waals surface area contributed by atoms with E-state index >= 15 is 4.39 Å². The fourth-order valence-corrected chi connectivity index (χ4v) is 5.80. The highest BCUT2D eigenvalue weighted by Gasteiger charge is 2.34. The Bertz CT molecular complexity index is 1390. The average Bonchev–Trinajstić information content (AvgIpc) is 3.76. The van der Waals surface area contributed by atoms with Gasteiger partial charge in [-0.1, -0.05) is 44.2 Å². The smallest absolute Gasteiger partial charge is 0.303 e. The quantitative estimate of drug-likeness (QED) is 0.288. The standard InChI is InChI=1S/C33H36FNO4/c1-33(2)14-5-4-9-29(33)27-15-21(10-13-25(27)28-17-31(38-3)35-19-30(28)34)20-39-24-8-6-7-23(16-24)26(18-32(36)37)22-11-12-22/h6-10,13,15-17,19,22,26H,4-5,11-12,14,18,20H2,1-3H3,(H,36,37)/t26-/m0/s1. The van der Waals surface area contributed by atoms with Crippen LogP contribution in [0.3, 0.4) is 0 Å². The molecule has 0 amide bonds. The third kappa shape index (κ3) is 6.16. The van der Waals surface area contributed by atoms with Crippen LogP contribution in [-0.4, -0.2) is 23.2 Å². The molecule has 1 aromatic heterocycles. The van der Waals surface area contributed by atoms with E-state index in [2.05, 4.69) is 31.0 Å². The van der Waals surface area contributed by atoms with Gasteiger partial charge in [-0.05, 0) is 95.4 Å². The van der Waals surface area contributed by atoms with Crippen LogP contribution in [0.4, 0.5) is 4.39 Å². The number of hydrogen-bond acceptors (Lipinski definition) is 4. The van der Waals surface area contributed by atoms with E-state index in [-0.39, 0.29) is 17.8 Å². The summed E-state index contributed by atoms with van der Waals surface area (Å²) in [5.41, 5.74) is 5.43. The van der Waals surface area contributed by atoms with Crippen molar-refractivity contribution in [1.82, 2.24) is 4.98 Å². The molecule has 1 atom stereocenters. The van der Waals surface area contributed by atoms with Gasteiger partial charge in [0.05, 0.1) is 19.7 Å². The molecule has 2 aliphatic rings. The summed E-state index contributed by atoms with van der Waals surface area (Å²) < 4.78 is 26.6. The van der Waals surface area contributed by atoms with E-state index in [1.807, 2.05) is 36.4 Å².